The van der Waals surface area contributed by atoms with E-state index in [-0.39, 0.29) is 5.91 Å². The van der Waals surface area contributed by atoms with E-state index in [1.54, 1.807) is 29.2 Å². The number of nitrogens with zero attached hydrogens (tertiary/aromatic N) is 3. The third-order valence-corrected chi connectivity index (χ3v) is 5.24. The second-order valence-electron chi connectivity index (χ2n) is 7.14. The quantitative estimate of drug-likeness (QED) is 0.361. The number of rotatable bonds is 5. The molecule has 0 atom stereocenters. The average molecular weight is 440 g/mol. The minimum atomic E-state index is -0.303. The molecule has 0 radical (unpaired) electrons. The van der Waals surface area contributed by atoms with Crippen molar-refractivity contribution in [3.63, 3.8) is 0 Å². The van der Waals surface area contributed by atoms with E-state index in [9.17, 15) is 4.79 Å². The Kier molecular flexibility index (Phi) is 5.27. The van der Waals surface area contributed by atoms with Crippen LogP contribution in [0.5, 0.6) is 0 Å². The molecule has 0 aliphatic heterocycles. The molecule has 1 amide bonds. The first-order chi connectivity index (χ1) is 15.7. The average Bonchev–Trinajstić information content (AvgIpc) is 3.48. The van der Waals surface area contributed by atoms with E-state index in [0.29, 0.717) is 22.2 Å². The van der Waals surface area contributed by atoms with Crippen LogP contribution in [0.1, 0.15) is 10.4 Å². The molecule has 5 aromatic rings. The molecule has 0 aliphatic carbocycles. The molecule has 5 rings (SSSR count). The topological polar surface area (TPSA) is 75.6 Å². The highest BCUT2D eigenvalue weighted by Gasteiger charge is 2.19. The Morgan fingerprint density at radius 2 is 1.56 bits per heavy atom. The van der Waals surface area contributed by atoms with Crippen LogP contribution in [0.25, 0.3) is 28.2 Å². The van der Waals surface area contributed by atoms with Gasteiger partial charge in [0.25, 0.3) is 5.91 Å². The van der Waals surface area contributed by atoms with Crippen molar-refractivity contribution in [2.75, 3.05) is 5.32 Å². The number of carbonyl (C=O) groups excluding carboxylic acids is 1. The minimum Gasteiger partial charge on any atom is -0.324 e. The van der Waals surface area contributed by atoms with Crippen LogP contribution in [0.4, 0.5) is 5.95 Å². The van der Waals surface area contributed by atoms with Gasteiger partial charge in [-0.1, -0.05) is 72.3 Å². The summed E-state index contributed by atoms with van der Waals surface area (Å²) in [6.07, 6.45) is 3.40. The van der Waals surface area contributed by atoms with Crippen molar-refractivity contribution in [2.45, 2.75) is 0 Å². The molecule has 0 saturated heterocycles. The van der Waals surface area contributed by atoms with Gasteiger partial charge in [-0.05, 0) is 29.8 Å². The second-order valence-corrected chi connectivity index (χ2v) is 7.58. The van der Waals surface area contributed by atoms with Gasteiger partial charge in [0, 0.05) is 16.8 Å². The molecule has 7 heteroatoms. The third kappa shape index (κ3) is 4.04. The number of aromatic amines is 1. The Labute approximate surface area is 189 Å². The molecule has 0 unspecified atom stereocenters. The van der Waals surface area contributed by atoms with Gasteiger partial charge in [-0.25, -0.2) is 9.67 Å². The number of para-hydroxylation sites is 1. The van der Waals surface area contributed by atoms with Gasteiger partial charge in [0.1, 0.15) is 5.69 Å². The summed E-state index contributed by atoms with van der Waals surface area (Å²) in [5, 5.41) is 8.19. The van der Waals surface area contributed by atoms with Crippen molar-refractivity contribution in [1.29, 1.82) is 0 Å². The lowest BCUT2D eigenvalue weighted by Gasteiger charge is -2.03. The number of H-pyrrole nitrogens is 1. The molecule has 2 aromatic heterocycles. The summed E-state index contributed by atoms with van der Waals surface area (Å²) < 4.78 is 1.71. The minimum absolute atomic E-state index is 0.303. The summed E-state index contributed by atoms with van der Waals surface area (Å²) in [6, 6.07) is 26.7. The number of hydrogen-bond acceptors (Lipinski definition) is 3. The predicted molar refractivity (Wildman–Crippen MR) is 126 cm³/mol. The summed E-state index contributed by atoms with van der Waals surface area (Å²) in [5.74, 6) is 0.0504. The zero-order chi connectivity index (χ0) is 21.9. The van der Waals surface area contributed by atoms with E-state index in [0.717, 1.165) is 22.5 Å². The van der Waals surface area contributed by atoms with Gasteiger partial charge in [-0.3, -0.25) is 10.1 Å². The Balaban J connectivity index is 1.47. The third-order valence-electron chi connectivity index (χ3n) is 4.99. The lowest BCUT2D eigenvalue weighted by atomic mass is 10.1. The number of anilines is 1. The number of benzene rings is 3. The van der Waals surface area contributed by atoms with E-state index in [4.69, 9.17) is 11.6 Å². The number of imidazole rings is 1. The van der Waals surface area contributed by atoms with Crippen molar-refractivity contribution < 1.29 is 4.79 Å². The zero-order valence-electron chi connectivity index (χ0n) is 16.9. The number of amides is 1. The molecule has 0 aliphatic rings. The van der Waals surface area contributed by atoms with Gasteiger partial charge in [0.15, 0.2) is 0 Å². The fraction of sp³-hybridized carbons (Fsp3) is 0. The highest BCUT2D eigenvalue weighted by Crippen LogP contribution is 2.25. The zero-order valence-corrected chi connectivity index (χ0v) is 17.6. The number of nitrogens with one attached hydrogen (secondary N) is 2. The molecule has 2 heterocycles. The number of hydrogen-bond donors (Lipinski definition) is 2. The Morgan fingerprint density at radius 1 is 0.875 bits per heavy atom. The van der Waals surface area contributed by atoms with Crippen molar-refractivity contribution in [3.8, 4) is 28.2 Å². The molecule has 0 saturated carbocycles. The summed E-state index contributed by atoms with van der Waals surface area (Å²) in [5.41, 5.74) is 4.46. The van der Waals surface area contributed by atoms with Crippen molar-refractivity contribution in [3.05, 3.63) is 108 Å². The van der Waals surface area contributed by atoms with Gasteiger partial charge in [-0.2, -0.15) is 5.10 Å². The van der Waals surface area contributed by atoms with Crippen LogP contribution in [0.3, 0.4) is 0 Å². The molecule has 6 nitrogen and oxygen atoms in total. The Morgan fingerprint density at radius 3 is 2.28 bits per heavy atom. The predicted octanol–water partition coefficient (Wildman–Crippen LogP) is 5.84. The fourth-order valence-corrected chi connectivity index (χ4v) is 3.52. The molecule has 156 valence electrons. The molecular formula is C25H18ClN5O. The van der Waals surface area contributed by atoms with Crippen LogP contribution in [-0.4, -0.2) is 25.7 Å². The number of halogens is 1. The van der Waals surface area contributed by atoms with Gasteiger partial charge in [0.2, 0.25) is 5.95 Å². The largest absolute Gasteiger partial charge is 0.324 e. The van der Waals surface area contributed by atoms with Crippen molar-refractivity contribution in [2.24, 2.45) is 0 Å². The van der Waals surface area contributed by atoms with Crippen LogP contribution in [0, 0.1) is 0 Å². The maximum Gasteiger partial charge on any atom is 0.261 e. The maximum absolute atomic E-state index is 13.2. The fourth-order valence-electron chi connectivity index (χ4n) is 3.40. The van der Waals surface area contributed by atoms with E-state index in [1.165, 1.54) is 0 Å². The first kappa shape index (κ1) is 19.8. The maximum atomic E-state index is 13.2. The monoisotopic (exact) mass is 439 g/mol. The molecule has 0 spiro atoms. The summed E-state index contributed by atoms with van der Waals surface area (Å²) >= 11 is 5.96. The van der Waals surface area contributed by atoms with Crippen LogP contribution < -0.4 is 5.32 Å². The van der Waals surface area contributed by atoms with Gasteiger partial charge < -0.3 is 4.98 Å². The van der Waals surface area contributed by atoms with Crippen LogP contribution in [0.2, 0.25) is 5.02 Å². The molecular weight excluding hydrogens is 422 g/mol. The second kappa shape index (κ2) is 8.53. The van der Waals surface area contributed by atoms with Crippen molar-refractivity contribution >= 4 is 23.5 Å². The van der Waals surface area contributed by atoms with Gasteiger partial charge in [0.05, 0.1) is 23.1 Å². The van der Waals surface area contributed by atoms with E-state index in [1.807, 2.05) is 72.8 Å². The SMILES string of the molecule is O=C(Nc1ncc(-c2ccc(Cl)cc2)[nH]1)c1cn(-c2ccccc2)nc1-c1ccccc1. The van der Waals surface area contributed by atoms with E-state index >= 15 is 0 Å². The van der Waals surface area contributed by atoms with Crippen LogP contribution in [-0.2, 0) is 0 Å². The first-order valence-electron chi connectivity index (χ1n) is 10.0. The smallest absolute Gasteiger partial charge is 0.261 e. The molecule has 0 bridgehead atoms. The van der Waals surface area contributed by atoms with Crippen LogP contribution in [0.15, 0.2) is 97.3 Å². The summed E-state index contributed by atoms with van der Waals surface area (Å²) in [7, 11) is 0. The summed E-state index contributed by atoms with van der Waals surface area (Å²) in [6.45, 7) is 0. The van der Waals surface area contributed by atoms with E-state index < -0.39 is 0 Å². The lowest BCUT2D eigenvalue weighted by molar-refractivity contribution is 0.102. The number of carbonyl (C=O) groups is 1. The van der Waals surface area contributed by atoms with Crippen molar-refractivity contribution in [1.82, 2.24) is 19.7 Å². The highest BCUT2D eigenvalue weighted by molar-refractivity contribution is 6.30. The first-order valence-corrected chi connectivity index (χ1v) is 10.4. The normalized spacial score (nSPS) is 10.8. The standard InChI is InChI=1S/C25H18ClN5O/c26-19-13-11-17(12-14-19)22-15-27-25(28-22)29-24(32)21-16-31(20-9-5-2-6-10-20)30-23(21)18-7-3-1-4-8-18/h1-16H,(H2,27,28,29,32). The van der Waals surface area contributed by atoms with E-state index in [2.05, 4.69) is 20.4 Å². The molecule has 3 aromatic carbocycles. The lowest BCUT2D eigenvalue weighted by Crippen LogP contribution is -2.13. The van der Waals surface area contributed by atoms with Gasteiger partial charge in [-0.15, -0.1) is 0 Å². The van der Waals surface area contributed by atoms with Gasteiger partial charge >= 0.3 is 0 Å². The van der Waals surface area contributed by atoms with Crippen LogP contribution >= 0.6 is 11.6 Å². The Bertz CT molecular complexity index is 1360. The molecule has 2 N–H and O–H groups in total. The highest BCUT2D eigenvalue weighted by atomic mass is 35.5. The Hall–Kier alpha value is -4.16. The summed E-state index contributed by atoms with van der Waals surface area (Å²) in [4.78, 5) is 20.6. The molecule has 0 fully saturated rings. The molecule has 32 heavy (non-hydrogen) atoms. The number of aromatic nitrogens is 4.